The fraction of sp³-hybridized carbons (Fsp3) is 0.500. The number of hydrogen-bond donors (Lipinski definition) is 1. The van der Waals surface area contributed by atoms with E-state index in [1.54, 1.807) is 0 Å². The van der Waals surface area contributed by atoms with Crippen LogP contribution in [-0.4, -0.2) is 24.0 Å². The first-order valence-electron chi connectivity index (χ1n) is 2.34. The molecule has 1 saturated heterocycles. The van der Waals surface area contributed by atoms with Crippen LogP contribution in [0.2, 0.25) is 0 Å². The SMILES string of the molecule is O=C1NCC(C(=O)Cl)O1. The molecule has 0 spiro atoms. The van der Waals surface area contributed by atoms with Crippen molar-refractivity contribution in [3.63, 3.8) is 0 Å². The molecule has 1 amide bonds. The minimum atomic E-state index is -0.792. The highest BCUT2D eigenvalue weighted by atomic mass is 35.5. The van der Waals surface area contributed by atoms with Crippen molar-refractivity contribution in [2.75, 3.05) is 6.54 Å². The zero-order chi connectivity index (χ0) is 6.85. The van der Waals surface area contributed by atoms with Gasteiger partial charge < -0.3 is 10.1 Å². The van der Waals surface area contributed by atoms with Gasteiger partial charge in [0.2, 0.25) is 0 Å². The molecule has 50 valence electrons. The second-order valence-corrected chi connectivity index (χ2v) is 1.95. The number of nitrogens with one attached hydrogen (secondary N) is 1. The van der Waals surface area contributed by atoms with E-state index in [0.29, 0.717) is 0 Å². The quantitative estimate of drug-likeness (QED) is 0.528. The standard InChI is InChI=1S/C4H4ClNO3/c5-3(7)2-1-6-4(8)9-2/h2H,1H2,(H,6,8). The first kappa shape index (κ1) is 6.35. The van der Waals surface area contributed by atoms with Gasteiger partial charge in [-0.3, -0.25) is 4.79 Å². The van der Waals surface area contributed by atoms with Crippen molar-refractivity contribution in [1.82, 2.24) is 5.32 Å². The zero-order valence-electron chi connectivity index (χ0n) is 4.39. The summed E-state index contributed by atoms with van der Waals surface area (Å²) in [5, 5.41) is 1.64. The Kier molecular flexibility index (Phi) is 1.57. The van der Waals surface area contributed by atoms with E-state index in [1.165, 1.54) is 0 Å². The van der Waals surface area contributed by atoms with Crippen LogP contribution in [-0.2, 0) is 9.53 Å². The number of alkyl carbamates (subject to hydrolysis) is 1. The maximum Gasteiger partial charge on any atom is 0.408 e. The molecule has 0 bridgehead atoms. The summed E-state index contributed by atoms with van der Waals surface area (Å²) in [4.78, 5) is 20.5. The predicted molar refractivity (Wildman–Crippen MR) is 29.1 cm³/mol. The summed E-state index contributed by atoms with van der Waals surface area (Å²) < 4.78 is 4.39. The van der Waals surface area contributed by atoms with Gasteiger partial charge in [-0.2, -0.15) is 0 Å². The third-order valence-electron chi connectivity index (χ3n) is 0.934. The Bertz CT molecular complexity index is 158. The van der Waals surface area contributed by atoms with Crippen molar-refractivity contribution in [2.45, 2.75) is 6.10 Å². The molecule has 0 saturated carbocycles. The Hall–Kier alpha value is -0.770. The molecular weight excluding hydrogens is 146 g/mol. The Morgan fingerprint density at radius 3 is 2.78 bits per heavy atom. The first-order chi connectivity index (χ1) is 4.20. The highest BCUT2D eigenvalue weighted by Gasteiger charge is 2.27. The fourth-order valence-corrected chi connectivity index (χ4v) is 0.637. The summed E-state index contributed by atoms with van der Waals surface area (Å²) in [5.41, 5.74) is 0. The lowest BCUT2D eigenvalue weighted by Crippen LogP contribution is -2.19. The van der Waals surface area contributed by atoms with Gasteiger partial charge in [0.15, 0.2) is 6.10 Å². The van der Waals surface area contributed by atoms with Crippen molar-refractivity contribution in [3.05, 3.63) is 0 Å². The van der Waals surface area contributed by atoms with Crippen molar-refractivity contribution >= 4 is 22.9 Å². The average molecular weight is 150 g/mol. The van der Waals surface area contributed by atoms with Crippen LogP contribution in [0.25, 0.3) is 0 Å². The van der Waals surface area contributed by atoms with Crippen LogP contribution in [0.15, 0.2) is 0 Å². The summed E-state index contributed by atoms with van der Waals surface area (Å²) in [5.74, 6) is 0. The van der Waals surface area contributed by atoms with Gasteiger partial charge in [0.1, 0.15) is 0 Å². The smallest absolute Gasteiger partial charge is 0.408 e. The van der Waals surface area contributed by atoms with E-state index < -0.39 is 17.4 Å². The molecule has 0 radical (unpaired) electrons. The molecule has 1 heterocycles. The van der Waals surface area contributed by atoms with E-state index in [-0.39, 0.29) is 6.54 Å². The largest absolute Gasteiger partial charge is 0.435 e. The van der Waals surface area contributed by atoms with Gasteiger partial charge in [-0.25, -0.2) is 4.79 Å². The molecular formula is C4H4ClNO3. The summed E-state index contributed by atoms with van der Waals surface area (Å²) >= 11 is 4.99. The third kappa shape index (κ3) is 1.32. The number of halogens is 1. The van der Waals surface area contributed by atoms with Gasteiger partial charge >= 0.3 is 6.09 Å². The van der Waals surface area contributed by atoms with E-state index >= 15 is 0 Å². The second kappa shape index (κ2) is 2.23. The molecule has 0 aromatic carbocycles. The lowest BCUT2D eigenvalue weighted by Gasteiger charge is -1.96. The van der Waals surface area contributed by atoms with Gasteiger partial charge in [-0.15, -0.1) is 0 Å². The molecule has 1 fully saturated rings. The highest BCUT2D eigenvalue weighted by Crippen LogP contribution is 2.02. The van der Waals surface area contributed by atoms with Gasteiger partial charge in [0.05, 0.1) is 6.54 Å². The van der Waals surface area contributed by atoms with Crippen LogP contribution in [0, 0.1) is 0 Å². The molecule has 0 aromatic heterocycles. The number of cyclic esters (lactones) is 1. The summed E-state index contributed by atoms with van der Waals surface area (Å²) in [6.07, 6.45) is -1.38. The zero-order valence-corrected chi connectivity index (χ0v) is 5.14. The van der Waals surface area contributed by atoms with Crippen LogP contribution in [0.3, 0.4) is 0 Å². The molecule has 0 aliphatic carbocycles. The van der Waals surface area contributed by atoms with E-state index in [9.17, 15) is 9.59 Å². The molecule has 1 N–H and O–H groups in total. The number of carbonyl (C=O) groups excluding carboxylic acids is 2. The lowest BCUT2D eigenvalue weighted by molar-refractivity contribution is -0.117. The molecule has 4 nitrogen and oxygen atoms in total. The Balaban J connectivity index is 2.48. The van der Waals surface area contributed by atoms with Crippen LogP contribution in [0.4, 0.5) is 4.79 Å². The summed E-state index contributed by atoms with van der Waals surface area (Å²) in [6, 6.07) is 0. The monoisotopic (exact) mass is 149 g/mol. The highest BCUT2D eigenvalue weighted by molar-refractivity contribution is 6.64. The van der Waals surface area contributed by atoms with Crippen molar-refractivity contribution < 1.29 is 14.3 Å². The average Bonchev–Trinajstić information content (AvgIpc) is 2.14. The Morgan fingerprint density at radius 1 is 1.89 bits per heavy atom. The molecule has 9 heavy (non-hydrogen) atoms. The maximum absolute atomic E-state index is 10.2. The summed E-state index contributed by atoms with van der Waals surface area (Å²) in [6.45, 7) is 0.182. The Morgan fingerprint density at radius 2 is 2.56 bits per heavy atom. The van der Waals surface area contributed by atoms with Crippen LogP contribution in [0.1, 0.15) is 0 Å². The number of amides is 1. The van der Waals surface area contributed by atoms with Gasteiger partial charge in [0, 0.05) is 0 Å². The molecule has 1 aliphatic rings. The topological polar surface area (TPSA) is 55.4 Å². The summed E-state index contributed by atoms with van der Waals surface area (Å²) in [7, 11) is 0. The third-order valence-corrected chi connectivity index (χ3v) is 1.18. The predicted octanol–water partition coefficient (Wildman–Crippen LogP) is -0.140. The van der Waals surface area contributed by atoms with Crippen LogP contribution >= 0.6 is 11.6 Å². The van der Waals surface area contributed by atoms with Crippen molar-refractivity contribution in [2.24, 2.45) is 0 Å². The molecule has 1 unspecified atom stereocenters. The normalized spacial score (nSPS) is 25.0. The minimum absolute atomic E-state index is 0.182. The van der Waals surface area contributed by atoms with Gasteiger partial charge in [0.25, 0.3) is 5.24 Å². The van der Waals surface area contributed by atoms with E-state index in [2.05, 4.69) is 10.1 Å². The molecule has 5 heteroatoms. The lowest BCUT2D eigenvalue weighted by atomic mass is 10.4. The molecule has 1 atom stereocenters. The number of ether oxygens (including phenoxy) is 1. The minimum Gasteiger partial charge on any atom is -0.435 e. The van der Waals surface area contributed by atoms with Crippen molar-refractivity contribution in [1.29, 1.82) is 0 Å². The van der Waals surface area contributed by atoms with Crippen molar-refractivity contribution in [3.8, 4) is 0 Å². The number of rotatable bonds is 1. The fourth-order valence-electron chi connectivity index (χ4n) is 0.515. The molecule has 1 rings (SSSR count). The molecule has 0 aromatic rings. The Labute approximate surface area is 56.1 Å². The molecule has 1 aliphatic heterocycles. The maximum atomic E-state index is 10.2. The number of carbonyl (C=O) groups is 2. The second-order valence-electron chi connectivity index (χ2n) is 1.58. The number of hydrogen-bond acceptors (Lipinski definition) is 3. The van der Waals surface area contributed by atoms with E-state index in [0.717, 1.165) is 0 Å². The van der Waals surface area contributed by atoms with E-state index in [4.69, 9.17) is 11.6 Å². The first-order valence-corrected chi connectivity index (χ1v) is 2.72. The van der Waals surface area contributed by atoms with Gasteiger partial charge in [-0.05, 0) is 11.6 Å². The van der Waals surface area contributed by atoms with Gasteiger partial charge in [-0.1, -0.05) is 0 Å². The van der Waals surface area contributed by atoms with E-state index in [1.807, 2.05) is 0 Å². The van der Waals surface area contributed by atoms with Crippen LogP contribution in [0.5, 0.6) is 0 Å². The van der Waals surface area contributed by atoms with Crippen LogP contribution < -0.4 is 5.32 Å².